The van der Waals surface area contributed by atoms with Gasteiger partial charge in [-0.2, -0.15) is 0 Å². The van der Waals surface area contributed by atoms with Crippen LogP contribution in [0.4, 0.5) is 17.1 Å². The Balaban J connectivity index is 1.44. The smallest absolute Gasteiger partial charge is 0.0625 e. The molecule has 2 heteroatoms. The average Bonchev–Trinajstić information content (AvgIpc) is 3.16. The first-order valence-electron chi connectivity index (χ1n) is 16.1. The summed E-state index contributed by atoms with van der Waals surface area (Å²) in [5.74, 6) is 0. The molecule has 1 aliphatic rings. The third kappa shape index (κ3) is 4.46. The van der Waals surface area contributed by atoms with E-state index in [9.17, 15) is 0 Å². The first-order valence-corrected chi connectivity index (χ1v) is 16.1. The van der Waals surface area contributed by atoms with Crippen molar-refractivity contribution < 1.29 is 0 Å². The number of fused-ring (bicyclic) bond motifs is 2. The van der Waals surface area contributed by atoms with E-state index in [1.165, 1.54) is 72.2 Å². The highest BCUT2D eigenvalue weighted by Gasteiger charge is 2.31. The minimum absolute atomic E-state index is 1.12. The maximum absolute atomic E-state index is 4.45. The number of pyridine rings is 1. The summed E-state index contributed by atoms with van der Waals surface area (Å²) < 4.78 is 0. The second kappa shape index (κ2) is 11.3. The van der Waals surface area contributed by atoms with E-state index in [0.717, 1.165) is 11.3 Å². The van der Waals surface area contributed by atoms with E-state index in [4.69, 9.17) is 0 Å². The summed E-state index contributed by atoms with van der Waals surface area (Å²) in [6.07, 6.45) is 3.79. The number of hydrogen-bond acceptors (Lipinski definition) is 2. The van der Waals surface area contributed by atoms with Gasteiger partial charge >= 0.3 is 0 Å². The minimum Gasteiger partial charge on any atom is -0.309 e. The number of rotatable bonds is 5. The van der Waals surface area contributed by atoms with Gasteiger partial charge in [0.1, 0.15) is 0 Å². The highest BCUT2D eigenvalue weighted by atomic mass is 15.2. The summed E-state index contributed by atoms with van der Waals surface area (Å²) in [4.78, 5) is 6.94. The van der Waals surface area contributed by atoms with Crippen LogP contribution in [0.3, 0.4) is 0 Å². The van der Waals surface area contributed by atoms with Gasteiger partial charge in [0.05, 0.1) is 11.4 Å². The van der Waals surface area contributed by atoms with Crippen LogP contribution in [-0.4, -0.2) is 4.98 Å². The Morgan fingerprint density at radius 1 is 0.383 bits per heavy atom. The summed E-state index contributed by atoms with van der Waals surface area (Å²) in [5, 5.41) is 2.47. The van der Waals surface area contributed by atoms with Gasteiger partial charge in [0.15, 0.2) is 0 Å². The van der Waals surface area contributed by atoms with Gasteiger partial charge < -0.3 is 4.90 Å². The van der Waals surface area contributed by atoms with Crippen LogP contribution in [0, 0.1) is 0 Å². The second-order valence-corrected chi connectivity index (χ2v) is 11.9. The molecule has 8 aromatic rings. The summed E-state index contributed by atoms with van der Waals surface area (Å²) in [6, 6.07) is 61.3. The Hall–Kier alpha value is -6.25. The molecule has 0 spiro atoms. The van der Waals surface area contributed by atoms with Crippen LogP contribution in [0.5, 0.6) is 0 Å². The highest BCUT2D eigenvalue weighted by molar-refractivity contribution is 6.20. The quantitative estimate of drug-likeness (QED) is 0.196. The molecule has 0 atom stereocenters. The van der Waals surface area contributed by atoms with Gasteiger partial charge in [-0.3, -0.25) is 4.98 Å². The highest BCUT2D eigenvalue weighted by Crippen LogP contribution is 2.57. The molecule has 2 nitrogen and oxygen atoms in total. The average molecular weight is 599 g/mol. The summed E-state index contributed by atoms with van der Waals surface area (Å²) in [7, 11) is 0. The number of benzene rings is 7. The van der Waals surface area contributed by atoms with Crippen molar-refractivity contribution in [2.24, 2.45) is 0 Å². The van der Waals surface area contributed by atoms with Crippen molar-refractivity contribution in [1.82, 2.24) is 4.98 Å². The Kier molecular flexibility index (Phi) is 6.50. The standard InChI is InChI=1S/C45H30N2/c1-4-14-31(15-5-1)35-21-10-11-22-39(35)44-37(32-16-6-2-7-17-32)26-28-41-40-27-25-36(33-18-13-29-46-30-33)38-23-12-24-42(43(38)40)47(45(41)44)34-19-8-3-9-20-34/h1-30H. The van der Waals surface area contributed by atoms with Crippen molar-refractivity contribution >= 4 is 27.8 Å². The summed E-state index contributed by atoms with van der Waals surface area (Å²) in [5.41, 5.74) is 15.5. The van der Waals surface area contributed by atoms with Crippen molar-refractivity contribution in [3.63, 3.8) is 0 Å². The Labute approximate surface area is 274 Å². The fourth-order valence-electron chi connectivity index (χ4n) is 7.28. The molecule has 0 aliphatic carbocycles. The van der Waals surface area contributed by atoms with Crippen molar-refractivity contribution in [3.8, 4) is 55.6 Å². The molecule has 0 saturated carbocycles. The topological polar surface area (TPSA) is 16.1 Å². The lowest BCUT2D eigenvalue weighted by Crippen LogP contribution is -2.17. The van der Waals surface area contributed by atoms with Crippen molar-refractivity contribution in [1.29, 1.82) is 0 Å². The molecule has 0 unspecified atom stereocenters. The Bertz CT molecular complexity index is 2380. The Morgan fingerprint density at radius 2 is 0.979 bits per heavy atom. The maximum atomic E-state index is 4.45. The monoisotopic (exact) mass is 598 g/mol. The molecule has 47 heavy (non-hydrogen) atoms. The number of nitrogens with zero attached hydrogens (tertiary/aromatic N) is 2. The van der Waals surface area contributed by atoms with Gasteiger partial charge in [-0.05, 0) is 68.6 Å². The molecule has 0 amide bonds. The zero-order valence-electron chi connectivity index (χ0n) is 25.7. The van der Waals surface area contributed by atoms with E-state index < -0.39 is 0 Å². The van der Waals surface area contributed by atoms with E-state index in [-0.39, 0.29) is 0 Å². The molecule has 7 aromatic carbocycles. The molecule has 220 valence electrons. The van der Waals surface area contributed by atoms with Gasteiger partial charge in [-0.15, -0.1) is 0 Å². The SMILES string of the molecule is c1ccc(-c2ccccc2-c2c(-c3ccccc3)ccc3c2N(c2ccccc2)c2cccc4c(-c5cccnc5)ccc-3c24)cc1. The third-order valence-electron chi connectivity index (χ3n) is 9.30. The van der Waals surface area contributed by atoms with Crippen LogP contribution < -0.4 is 4.90 Å². The van der Waals surface area contributed by atoms with Crippen molar-refractivity contribution in [3.05, 3.63) is 182 Å². The normalized spacial score (nSPS) is 11.8. The predicted octanol–water partition coefficient (Wildman–Crippen LogP) is 12.4. The lowest BCUT2D eigenvalue weighted by atomic mass is 9.81. The fourth-order valence-corrected chi connectivity index (χ4v) is 7.28. The molecule has 0 fully saturated rings. The van der Waals surface area contributed by atoms with E-state index in [0.29, 0.717) is 0 Å². The van der Waals surface area contributed by atoms with Crippen LogP contribution in [-0.2, 0) is 0 Å². The molecule has 2 heterocycles. The largest absolute Gasteiger partial charge is 0.309 e. The first-order chi connectivity index (χ1) is 23.4. The van der Waals surface area contributed by atoms with E-state index in [1.807, 2.05) is 18.5 Å². The number of aromatic nitrogens is 1. The zero-order chi connectivity index (χ0) is 31.2. The van der Waals surface area contributed by atoms with Crippen LogP contribution >= 0.6 is 0 Å². The van der Waals surface area contributed by atoms with Gasteiger partial charge in [0, 0.05) is 40.2 Å². The van der Waals surface area contributed by atoms with E-state index >= 15 is 0 Å². The van der Waals surface area contributed by atoms with E-state index in [2.05, 4.69) is 174 Å². The molecule has 0 N–H and O–H groups in total. The van der Waals surface area contributed by atoms with E-state index in [1.54, 1.807) is 0 Å². The van der Waals surface area contributed by atoms with Crippen LogP contribution in [0.15, 0.2) is 182 Å². The molecule has 0 bridgehead atoms. The van der Waals surface area contributed by atoms with Crippen LogP contribution in [0.2, 0.25) is 0 Å². The van der Waals surface area contributed by atoms with Gasteiger partial charge in [0.25, 0.3) is 0 Å². The predicted molar refractivity (Wildman–Crippen MR) is 197 cm³/mol. The van der Waals surface area contributed by atoms with Crippen LogP contribution in [0.25, 0.3) is 66.4 Å². The maximum Gasteiger partial charge on any atom is 0.0625 e. The second-order valence-electron chi connectivity index (χ2n) is 11.9. The molecular weight excluding hydrogens is 569 g/mol. The molecule has 0 saturated heterocycles. The zero-order valence-corrected chi connectivity index (χ0v) is 25.7. The molecule has 1 aromatic heterocycles. The molecular formula is C45H30N2. The molecule has 0 radical (unpaired) electrons. The molecule has 9 rings (SSSR count). The molecule has 1 aliphatic heterocycles. The van der Waals surface area contributed by atoms with Gasteiger partial charge in [-0.1, -0.05) is 146 Å². The van der Waals surface area contributed by atoms with Gasteiger partial charge in [0.2, 0.25) is 0 Å². The van der Waals surface area contributed by atoms with Crippen LogP contribution in [0.1, 0.15) is 0 Å². The fraction of sp³-hybridized carbons (Fsp3) is 0. The Morgan fingerprint density at radius 3 is 1.70 bits per heavy atom. The van der Waals surface area contributed by atoms with Crippen molar-refractivity contribution in [2.75, 3.05) is 4.90 Å². The number of anilines is 3. The lowest BCUT2D eigenvalue weighted by Gasteiger charge is -2.37. The third-order valence-corrected chi connectivity index (χ3v) is 9.30. The summed E-state index contributed by atoms with van der Waals surface area (Å²) >= 11 is 0. The number of para-hydroxylation sites is 1. The van der Waals surface area contributed by atoms with Crippen molar-refractivity contribution in [2.45, 2.75) is 0 Å². The first kappa shape index (κ1) is 27.1. The minimum atomic E-state index is 1.12. The van der Waals surface area contributed by atoms with Gasteiger partial charge in [-0.25, -0.2) is 0 Å². The lowest BCUT2D eigenvalue weighted by molar-refractivity contribution is 1.28. The summed E-state index contributed by atoms with van der Waals surface area (Å²) in [6.45, 7) is 0. The number of hydrogen-bond donors (Lipinski definition) is 0.